The molecule has 0 saturated carbocycles. The molecule has 1 atom stereocenters. The molecule has 0 heterocycles. The molecule has 4 heteroatoms. The van der Waals surface area contributed by atoms with Gasteiger partial charge in [-0.3, -0.25) is 9.59 Å². The van der Waals surface area contributed by atoms with E-state index in [1.807, 2.05) is 0 Å². The summed E-state index contributed by atoms with van der Waals surface area (Å²) in [6, 6.07) is 0.0140. The van der Waals surface area contributed by atoms with E-state index in [-0.39, 0.29) is 17.9 Å². The van der Waals surface area contributed by atoms with Crippen LogP contribution in [0.3, 0.4) is 0 Å². The van der Waals surface area contributed by atoms with Gasteiger partial charge in [-0.25, -0.2) is 0 Å². The monoisotopic (exact) mass is 579 g/mol. The summed E-state index contributed by atoms with van der Waals surface area (Å²) in [6.07, 6.45) is 35.5. The fraction of sp³-hybridized carbons (Fsp3) is 0.946. The first-order chi connectivity index (χ1) is 20.0. The van der Waals surface area contributed by atoms with Crippen LogP contribution in [-0.2, 0) is 9.59 Å². The number of rotatable bonds is 32. The van der Waals surface area contributed by atoms with Gasteiger partial charge in [0.1, 0.15) is 0 Å². The van der Waals surface area contributed by atoms with Gasteiger partial charge in [-0.2, -0.15) is 0 Å². The molecule has 0 rings (SSSR count). The van der Waals surface area contributed by atoms with Crippen LogP contribution in [0.1, 0.15) is 207 Å². The third kappa shape index (κ3) is 30.2. The van der Waals surface area contributed by atoms with Gasteiger partial charge in [0.05, 0.1) is 0 Å². The summed E-state index contributed by atoms with van der Waals surface area (Å²) in [5.41, 5.74) is 0. The fourth-order valence-corrected chi connectivity index (χ4v) is 5.65. The van der Waals surface area contributed by atoms with Crippen molar-refractivity contribution in [3.8, 4) is 0 Å². The van der Waals surface area contributed by atoms with E-state index in [2.05, 4.69) is 38.3 Å². The van der Waals surface area contributed by atoms with Gasteiger partial charge in [0, 0.05) is 25.4 Å². The summed E-state index contributed by atoms with van der Waals surface area (Å²) in [4.78, 5) is 24.8. The van der Waals surface area contributed by atoms with Gasteiger partial charge in [0.25, 0.3) is 0 Å². The van der Waals surface area contributed by atoms with Gasteiger partial charge in [-0.1, -0.05) is 182 Å². The number of amides is 2. The molecule has 0 aromatic carbocycles. The highest BCUT2D eigenvalue weighted by Gasteiger charge is 2.17. The van der Waals surface area contributed by atoms with Crippen LogP contribution < -0.4 is 10.6 Å². The molecular formula is C37H74N2O2. The largest absolute Gasteiger partial charge is 0.354 e. The van der Waals surface area contributed by atoms with Gasteiger partial charge in [-0.15, -0.1) is 0 Å². The van der Waals surface area contributed by atoms with Crippen LogP contribution in [0.4, 0.5) is 0 Å². The van der Waals surface area contributed by atoms with Gasteiger partial charge >= 0.3 is 0 Å². The zero-order valence-corrected chi connectivity index (χ0v) is 28.5. The number of carbonyl (C=O) groups is 2. The summed E-state index contributed by atoms with van der Waals surface area (Å²) < 4.78 is 0. The minimum atomic E-state index is 0.0140. The van der Waals surface area contributed by atoms with E-state index in [1.165, 1.54) is 141 Å². The number of hydrogen-bond acceptors (Lipinski definition) is 2. The normalized spacial score (nSPS) is 12.1. The van der Waals surface area contributed by atoms with Crippen LogP contribution in [-0.4, -0.2) is 24.4 Å². The zero-order valence-electron chi connectivity index (χ0n) is 28.5. The predicted molar refractivity (Wildman–Crippen MR) is 180 cm³/mol. The Morgan fingerprint density at radius 1 is 0.439 bits per heavy atom. The molecule has 0 aliphatic carbocycles. The van der Waals surface area contributed by atoms with E-state index in [4.69, 9.17) is 0 Å². The molecule has 0 bridgehead atoms. The average Bonchev–Trinajstić information content (AvgIpc) is 2.95. The third-order valence-electron chi connectivity index (χ3n) is 8.69. The number of unbranched alkanes of at least 4 members (excludes halogenated alkanes) is 24. The van der Waals surface area contributed by atoms with Crippen molar-refractivity contribution in [2.75, 3.05) is 6.54 Å². The van der Waals surface area contributed by atoms with Crippen molar-refractivity contribution < 1.29 is 9.59 Å². The van der Waals surface area contributed by atoms with E-state index in [0.717, 1.165) is 25.7 Å². The highest BCUT2D eigenvalue weighted by atomic mass is 16.2. The molecule has 0 aromatic heterocycles. The minimum Gasteiger partial charge on any atom is -0.354 e. The van der Waals surface area contributed by atoms with E-state index < -0.39 is 0 Å². The molecule has 0 aliphatic rings. The average molecular weight is 579 g/mol. The molecule has 0 unspecified atom stereocenters. The smallest absolute Gasteiger partial charge is 0.220 e. The molecule has 244 valence electrons. The summed E-state index contributed by atoms with van der Waals surface area (Å²) in [5, 5.41) is 6.26. The number of carbonyl (C=O) groups excluding carboxylic acids is 2. The standard InChI is InChI=1S/C37H74N2O2/c1-5-7-9-11-13-15-17-19-21-23-25-27-29-31-36(40)38-33-35(34(3)4)39-37(41)32-30-28-26-24-22-20-18-16-14-12-10-8-6-2/h34-35H,5-33H2,1-4H3,(H,38,40)(H,39,41)/t35-/m0/s1. The number of nitrogens with one attached hydrogen (secondary N) is 2. The van der Waals surface area contributed by atoms with Gasteiger partial charge in [0.15, 0.2) is 0 Å². The van der Waals surface area contributed by atoms with E-state index in [0.29, 0.717) is 25.3 Å². The summed E-state index contributed by atoms with van der Waals surface area (Å²) in [5.74, 6) is 0.573. The summed E-state index contributed by atoms with van der Waals surface area (Å²) >= 11 is 0. The van der Waals surface area contributed by atoms with Crippen molar-refractivity contribution in [1.82, 2.24) is 10.6 Å². The maximum Gasteiger partial charge on any atom is 0.220 e. The second-order valence-electron chi connectivity index (χ2n) is 13.2. The molecule has 41 heavy (non-hydrogen) atoms. The molecule has 2 N–H and O–H groups in total. The molecule has 4 nitrogen and oxygen atoms in total. The van der Waals surface area contributed by atoms with Crippen molar-refractivity contribution in [2.45, 2.75) is 214 Å². The van der Waals surface area contributed by atoms with Crippen molar-refractivity contribution in [3.05, 3.63) is 0 Å². The Labute approximate surface area is 257 Å². The zero-order chi connectivity index (χ0) is 30.2. The Hall–Kier alpha value is -1.06. The lowest BCUT2D eigenvalue weighted by Gasteiger charge is -2.23. The number of hydrogen-bond donors (Lipinski definition) is 2. The second-order valence-corrected chi connectivity index (χ2v) is 13.2. The maximum atomic E-state index is 12.5. The lowest BCUT2D eigenvalue weighted by atomic mass is 10.0. The Bertz CT molecular complexity index is 563. The highest BCUT2D eigenvalue weighted by Crippen LogP contribution is 2.14. The van der Waals surface area contributed by atoms with Crippen molar-refractivity contribution >= 4 is 11.8 Å². The van der Waals surface area contributed by atoms with Gasteiger partial charge < -0.3 is 10.6 Å². The lowest BCUT2D eigenvalue weighted by Crippen LogP contribution is -2.46. The second kappa shape index (κ2) is 31.9. The van der Waals surface area contributed by atoms with E-state index >= 15 is 0 Å². The van der Waals surface area contributed by atoms with Crippen molar-refractivity contribution in [1.29, 1.82) is 0 Å². The van der Waals surface area contributed by atoms with E-state index in [9.17, 15) is 9.59 Å². The fourth-order valence-electron chi connectivity index (χ4n) is 5.65. The van der Waals surface area contributed by atoms with Crippen molar-refractivity contribution in [2.24, 2.45) is 5.92 Å². The van der Waals surface area contributed by atoms with Crippen LogP contribution in [0, 0.1) is 5.92 Å². The first kappa shape index (κ1) is 39.9. The van der Waals surface area contributed by atoms with Crippen LogP contribution in [0.25, 0.3) is 0 Å². The Balaban J connectivity index is 3.65. The molecule has 0 saturated heterocycles. The minimum absolute atomic E-state index is 0.0140. The lowest BCUT2D eigenvalue weighted by molar-refractivity contribution is -0.124. The molecule has 0 radical (unpaired) electrons. The molecule has 0 fully saturated rings. The molecular weight excluding hydrogens is 504 g/mol. The quantitative estimate of drug-likeness (QED) is 0.0780. The van der Waals surface area contributed by atoms with Crippen LogP contribution in [0.2, 0.25) is 0 Å². The SMILES string of the molecule is CCCCCCCCCCCCCCCC(=O)NC[C@H](NC(=O)CCCCCCCCCCCCCCC)C(C)C. The summed E-state index contributed by atoms with van der Waals surface area (Å²) in [6.45, 7) is 9.33. The van der Waals surface area contributed by atoms with E-state index in [1.54, 1.807) is 0 Å². The predicted octanol–water partition coefficient (Wildman–Crippen LogP) is 11.2. The summed E-state index contributed by atoms with van der Waals surface area (Å²) in [7, 11) is 0. The Morgan fingerprint density at radius 3 is 1.05 bits per heavy atom. The molecule has 0 aliphatic heterocycles. The van der Waals surface area contributed by atoms with Crippen LogP contribution in [0.5, 0.6) is 0 Å². The Kier molecular flexibility index (Phi) is 31.0. The van der Waals surface area contributed by atoms with Crippen LogP contribution >= 0.6 is 0 Å². The van der Waals surface area contributed by atoms with Crippen LogP contribution in [0.15, 0.2) is 0 Å². The first-order valence-corrected chi connectivity index (χ1v) is 18.6. The molecule has 2 amide bonds. The topological polar surface area (TPSA) is 58.2 Å². The highest BCUT2D eigenvalue weighted by molar-refractivity contribution is 5.77. The van der Waals surface area contributed by atoms with Gasteiger partial charge in [-0.05, 0) is 18.8 Å². The molecule has 0 spiro atoms. The van der Waals surface area contributed by atoms with Gasteiger partial charge in [0.2, 0.25) is 11.8 Å². The molecule has 0 aromatic rings. The maximum absolute atomic E-state index is 12.5. The Morgan fingerprint density at radius 2 is 0.732 bits per heavy atom. The first-order valence-electron chi connectivity index (χ1n) is 18.6. The van der Waals surface area contributed by atoms with Crippen molar-refractivity contribution in [3.63, 3.8) is 0 Å². The third-order valence-corrected chi connectivity index (χ3v) is 8.69.